The van der Waals surface area contributed by atoms with Gasteiger partial charge in [-0.1, -0.05) is 0 Å². The number of benzene rings is 1. The number of pyridine rings is 1. The molecule has 148 valence electrons. The van der Waals surface area contributed by atoms with Gasteiger partial charge in [-0.05, 0) is 43.7 Å². The molecule has 0 radical (unpaired) electrons. The van der Waals surface area contributed by atoms with Gasteiger partial charge in [0.15, 0.2) is 11.6 Å². The molecule has 2 aromatic rings. The highest BCUT2D eigenvalue weighted by atomic mass is 19.2. The van der Waals surface area contributed by atoms with Crippen LogP contribution < -0.4 is 15.4 Å². The SMILES string of the molecule is CC(C)(NC(=O)O)c1cc(O[C@@H]2[C@@H]3CNC[C@@H]32)nc(-c2ccc(F)c(F)c2)c1. The summed E-state index contributed by atoms with van der Waals surface area (Å²) in [7, 11) is 0. The fraction of sp³-hybridized carbons (Fsp3) is 0.400. The number of carbonyl (C=O) groups is 1. The van der Waals surface area contributed by atoms with Gasteiger partial charge in [0, 0.05) is 36.6 Å². The van der Waals surface area contributed by atoms with E-state index in [1.807, 2.05) is 0 Å². The number of nitrogens with one attached hydrogen (secondary N) is 2. The van der Waals surface area contributed by atoms with Crippen molar-refractivity contribution in [2.24, 2.45) is 11.8 Å². The molecule has 1 saturated heterocycles. The zero-order valence-electron chi connectivity index (χ0n) is 15.5. The first-order valence-electron chi connectivity index (χ1n) is 9.11. The first kappa shape index (κ1) is 18.6. The Morgan fingerprint density at radius 3 is 2.57 bits per heavy atom. The Morgan fingerprint density at radius 2 is 1.93 bits per heavy atom. The van der Waals surface area contributed by atoms with Crippen LogP contribution in [0.25, 0.3) is 11.3 Å². The molecule has 28 heavy (non-hydrogen) atoms. The maximum absolute atomic E-state index is 13.7. The second-order valence-electron chi connectivity index (χ2n) is 7.83. The number of hydrogen-bond acceptors (Lipinski definition) is 4. The summed E-state index contributed by atoms with van der Waals surface area (Å²) < 4.78 is 33.1. The molecule has 1 aromatic carbocycles. The molecule has 2 fully saturated rings. The number of fused-ring (bicyclic) bond motifs is 1. The minimum absolute atomic E-state index is 0.0670. The van der Waals surface area contributed by atoms with Crippen LogP contribution in [0.4, 0.5) is 13.6 Å². The van der Waals surface area contributed by atoms with Gasteiger partial charge in [0.05, 0.1) is 11.2 Å². The van der Waals surface area contributed by atoms with Crippen LogP contribution in [0.1, 0.15) is 19.4 Å². The molecule has 4 rings (SSSR count). The highest BCUT2D eigenvalue weighted by Crippen LogP contribution is 2.44. The number of rotatable bonds is 5. The van der Waals surface area contributed by atoms with E-state index in [1.165, 1.54) is 6.07 Å². The quantitative estimate of drug-likeness (QED) is 0.732. The van der Waals surface area contributed by atoms with Gasteiger partial charge in [0.1, 0.15) is 6.10 Å². The van der Waals surface area contributed by atoms with E-state index in [4.69, 9.17) is 9.84 Å². The van der Waals surface area contributed by atoms with Crippen LogP contribution in [0.2, 0.25) is 0 Å². The molecule has 8 heteroatoms. The van der Waals surface area contributed by atoms with Crippen LogP contribution >= 0.6 is 0 Å². The first-order valence-corrected chi connectivity index (χ1v) is 9.11. The Balaban J connectivity index is 1.71. The van der Waals surface area contributed by atoms with E-state index in [0.29, 0.717) is 34.5 Å². The number of piperidine rings is 1. The fourth-order valence-electron chi connectivity index (χ4n) is 3.75. The van der Waals surface area contributed by atoms with Crippen LogP contribution in [0.5, 0.6) is 5.88 Å². The standard InChI is InChI=1S/C20H21F2N3O3/c1-20(2,25-19(26)27)11-6-16(10-3-4-14(21)15(22)5-10)24-17(7-11)28-18-12-8-23-9-13(12)18/h3-7,12-13,18,23,25H,8-9H2,1-2H3,(H,26,27)/t12-,13+,18-. The molecule has 1 aliphatic carbocycles. The number of carboxylic acid groups (broad SMARTS) is 1. The van der Waals surface area contributed by atoms with E-state index in [0.717, 1.165) is 25.2 Å². The van der Waals surface area contributed by atoms with Crippen molar-refractivity contribution in [3.63, 3.8) is 0 Å². The van der Waals surface area contributed by atoms with Gasteiger partial charge >= 0.3 is 6.09 Å². The van der Waals surface area contributed by atoms with Gasteiger partial charge in [-0.2, -0.15) is 0 Å². The second-order valence-corrected chi connectivity index (χ2v) is 7.83. The Labute approximate surface area is 160 Å². The van der Waals surface area contributed by atoms with Gasteiger partial charge in [0.25, 0.3) is 0 Å². The molecule has 1 aromatic heterocycles. The van der Waals surface area contributed by atoms with Crippen molar-refractivity contribution in [1.29, 1.82) is 0 Å². The minimum Gasteiger partial charge on any atom is -0.474 e. The predicted molar refractivity (Wildman–Crippen MR) is 98.0 cm³/mol. The van der Waals surface area contributed by atoms with Gasteiger partial charge < -0.3 is 20.5 Å². The zero-order valence-corrected chi connectivity index (χ0v) is 15.5. The summed E-state index contributed by atoms with van der Waals surface area (Å²) in [6, 6.07) is 6.89. The molecule has 3 atom stereocenters. The normalized spacial score (nSPS) is 23.2. The highest BCUT2D eigenvalue weighted by Gasteiger charge is 2.55. The van der Waals surface area contributed by atoms with Crippen LogP contribution in [0.3, 0.4) is 0 Å². The summed E-state index contributed by atoms with van der Waals surface area (Å²) >= 11 is 0. The topological polar surface area (TPSA) is 83.5 Å². The summed E-state index contributed by atoms with van der Waals surface area (Å²) in [5.41, 5.74) is 0.454. The van der Waals surface area contributed by atoms with Crippen molar-refractivity contribution in [3.05, 3.63) is 47.5 Å². The van der Waals surface area contributed by atoms with Crippen molar-refractivity contribution >= 4 is 6.09 Å². The van der Waals surface area contributed by atoms with Crippen LogP contribution in [0, 0.1) is 23.5 Å². The smallest absolute Gasteiger partial charge is 0.405 e. The molecular weight excluding hydrogens is 368 g/mol. The van der Waals surface area contributed by atoms with E-state index in [2.05, 4.69) is 15.6 Å². The Kier molecular flexibility index (Phi) is 4.45. The third-order valence-electron chi connectivity index (χ3n) is 5.43. The lowest BCUT2D eigenvalue weighted by atomic mass is 9.93. The number of aromatic nitrogens is 1. The van der Waals surface area contributed by atoms with Gasteiger partial charge in [0.2, 0.25) is 5.88 Å². The van der Waals surface area contributed by atoms with Crippen molar-refractivity contribution in [2.75, 3.05) is 13.1 Å². The molecule has 2 aliphatic rings. The number of halogens is 2. The summed E-state index contributed by atoms with van der Waals surface area (Å²) in [6.45, 7) is 5.23. The minimum atomic E-state index is -1.17. The molecule has 0 spiro atoms. The first-order chi connectivity index (χ1) is 13.2. The summed E-state index contributed by atoms with van der Waals surface area (Å²) in [6.07, 6.45) is -1.10. The second kappa shape index (κ2) is 6.70. The van der Waals surface area contributed by atoms with Gasteiger partial charge in [-0.3, -0.25) is 0 Å². The lowest BCUT2D eigenvalue weighted by molar-refractivity contribution is 0.182. The molecule has 0 bridgehead atoms. The number of hydrogen-bond donors (Lipinski definition) is 3. The molecule has 1 aliphatic heterocycles. The van der Waals surface area contributed by atoms with Crippen LogP contribution in [0.15, 0.2) is 30.3 Å². The average Bonchev–Trinajstić information content (AvgIpc) is 3.03. The monoisotopic (exact) mass is 389 g/mol. The third kappa shape index (κ3) is 3.52. The van der Waals surface area contributed by atoms with Gasteiger partial charge in [-0.15, -0.1) is 0 Å². The van der Waals surface area contributed by atoms with E-state index < -0.39 is 23.3 Å². The van der Waals surface area contributed by atoms with Crippen molar-refractivity contribution in [1.82, 2.24) is 15.6 Å². The van der Waals surface area contributed by atoms with E-state index in [-0.39, 0.29) is 6.10 Å². The summed E-state index contributed by atoms with van der Waals surface area (Å²) in [5, 5.41) is 14.9. The molecule has 1 amide bonds. The average molecular weight is 389 g/mol. The number of ether oxygens (including phenoxy) is 1. The molecule has 0 unspecified atom stereocenters. The van der Waals surface area contributed by atoms with Crippen molar-refractivity contribution in [3.8, 4) is 17.1 Å². The fourth-order valence-corrected chi connectivity index (χ4v) is 3.75. The van der Waals surface area contributed by atoms with Crippen molar-refractivity contribution < 1.29 is 23.4 Å². The lowest BCUT2D eigenvalue weighted by Crippen LogP contribution is -2.40. The molecule has 2 heterocycles. The van der Waals surface area contributed by atoms with E-state index in [1.54, 1.807) is 26.0 Å². The molecule has 6 nitrogen and oxygen atoms in total. The Hall–Kier alpha value is -2.74. The van der Waals surface area contributed by atoms with E-state index in [9.17, 15) is 13.6 Å². The lowest BCUT2D eigenvalue weighted by Gasteiger charge is -2.26. The third-order valence-corrected chi connectivity index (χ3v) is 5.43. The molecule has 3 N–H and O–H groups in total. The van der Waals surface area contributed by atoms with E-state index >= 15 is 0 Å². The zero-order chi connectivity index (χ0) is 20.1. The predicted octanol–water partition coefficient (Wildman–Crippen LogP) is 3.13. The largest absolute Gasteiger partial charge is 0.474 e. The maximum Gasteiger partial charge on any atom is 0.405 e. The summed E-state index contributed by atoms with van der Waals surface area (Å²) in [5.74, 6) is -0.679. The Morgan fingerprint density at radius 1 is 1.21 bits per heavy atom. The highest BCUT2D eigenvalue weighted by molar-refractivity contribution is 5.67. The number of nitrogens with zero attached hydrogens (tertiary/aromatic N) is 1. The summed E-state index contributed by atoms with van der Waals surface area (Å²) in [4.78, 5) is 15.6. The maximum atomic E-state index is 13.7. The molecular formula is C20H21F2N3O3. The van der Waals surface area contributed by atoms with Gasteiger partial charge in [-0.25, -0.2) is 18.6 Å². The van der Waals surface area contributed by atoms with Crippen LogP contribution in [-0.4, -0.2) is 35.4 Å². The Bertz CT molecular complexity index is 925. The molecule has 1 saturated carbocycles. The van der Waals surface area contributed by atoms with Crippen molar-refractivity contribution in [2.45, 2.75) is 25.5 Å². The number of amides is 1. The van der Waals surface area contributed by atoms with Crippen LogP contribution in [-0.2, 0) is 5.54 Å².